The molecule has 7 atom stereocenters. The maximum atomic E-state index is 13.7. The van der Waals surface area contributed by atoms with Crippen LogP contribution >= 0.6 is 0 Å². The molecule has 0 unspecified atom stereocenters. The maximum Gasteiger partial charge on any atom is 0.289 e. The van der Waals surface area contributed by atoms with E-state index < -0.39 is 26.7 Å². The molecule has 1 aromatic carbocycles. The molecule has 0 bridgehead atoms. The third-order valence-corrected chi connectivity index (χ3v) is 11.6. The van der Waals surface area contributed by atoms with Gasteiger partial charge in [-0.25, -0.2) is 13.1 Å². The minimum Gasteiger partial charge on any atom is -0.300 e. The van der Waals surface area contributed by atoms with Crippen molar-refractivity contribution in [1.29, 1.82) is 0 Å². The first-order valence-corrected chi connectivity index (χ1v) is 14.4. The first-order chi connectivity index (χ1) is 16.9. The number of nitrogens with zero attached hydrogens (tertiary/aromatic N) is 1. The maximum absolute atomic E-state index is 13.7. The topological polar surface area (TPSA) is 123 Å². The Morgan fingerprint density at radius 3 is 2.56 bits per heavy atom. The number of nitro benzene ring substituents is 1. The predicted octanol–water partition coefficient (Wildman–Crippen LogP) is 4.59. The number of allylic oxidation sites excluding steroid dienone is 1. The number of Topliss-reactive ketones (excluding diaryl/α,β-unsaturated/α-hetero) is 1. The van der Waals surface area contributed by atoms with Crippen LogP contribution in [0, 0.1) is 44.6 Å². The summed E-state index contributed by atoms with van der Waals surface area (Å²) in [7, 11) is -4.22. The molecule has 5 rings (SSSR count). The second-order valence-corrected chi connectivity index (χ2v) is 13.5. The van der Waals surface area contributed by atoms with E-state index in [0.29, 0.717) is 25.2 Å². The molecule has 1 aromatic rings. The summed E-state index contributed by atoms with van der Waals surface area (Å²) < 4.78 is 30.3. The first kappa shape index (κ1) is 25.3. The first-order valence-electron chi connectivity index (χ1n) is 12.9. The highest BCUT2D eigenvalue weighted by atomic mass is 32.2. The summed E-state index contributed by atoms with van der Waals surface area (Å²) >= 11 is 0. The van der Waals surface area contributed by atoms with Crippen LogP contribution in [0.5, 0.6) is 0 Å². The van der Waals surface area contributed by atoms with Gasteiger partial charge >= 0.3 is 0 Å². The number of fused-ring (bicyclic) bond motifs is 5. The Bertz CT molecular complexity index is 1270. The molecule has 0 radical (unpaired) electrons. The van der Waals surface area contributed by atoms with Crippen LogP contribution in [0.3, 0.4) is 0 Å². The van der Waals surface area contributed by atoms with Crippen molar-refractivity contribution in [3.63, 3.8) is 0 Å². The van der Waals surface area contributed by atoms with Crippen molar-refractivity contribution >= 4 is 27.3 Å². The summed E-state index contributed by atoms with van der Waals surface area (Å²) in [6.45, 7) is 5.93. The predicted molar refractivity (Wildman–Crippen MR) is 133 cm³/mol. The molecule has 4 aliphatic carbocycles. The summed E-state index contributed by atoms with van der Waals surface area (Å²) in [4.78, 5) is 35.5. The highest BCUT2D eigenvalue weighted by Crippen LogP contribution is 2.66. The zero-order chi connectivity index (χ0) is 26.0. The lowest BCUT2D eigenvalue weighted by Gasteiger charge is -2.60. The molecule has 36 heavy (non-hydrogen) atoms. The van der Waals surface area contributed by atoms with Gasteiger partial charge in [0.05, 0.1) is 4.92 Å². The fraction of sp³-hybridized carbons (Fsp3) is 0.630. The highest BCUT2D eigenvalue weighted by Gasteiger charge is 2.63. The van der Waals surface area contributed by atoms with Gasteiger partial charge in [-0.15, -0.1) is 0 Å². The average Bonchev–Trinajstić information content (AvgIpc) is 3.16. The van der Waals surface area contributed by atoms with Gasteiger partial charge in [0.1, 0.15) is 5.78 Å². The summed E-state index contributed by atoms with van der Waals surface area (Å²) in [5.74, 6) is 0.605. The van der Waals surface area contributed by atoms with Crippen molar-refractivity contribution in [2.45, 2.75) is 76.7 Å². The molecule has 0 heterocycles. The van der Waals surface area contributed by atoms with E-state index in [1.807, 2.05) is 0 Å². The van der Waals surface area contributed by atoms with Crippen LogP contribution in [0.4, 0.5) is 5.69 Å². The number of nitrogens with one attached hydrogen (secondary N) is 1. The number of rotatable bonds is 5. The van der Waals surface area contributed by atoms with Gasteiger partial charge in [0.15, 0.2) is 10.7 Å². The van der Waals surface area contributed by atoms with E-state index in [0.717, 1.165) is 31.3 Å². The third-order valence-electron chi connectivity index (χ3n) is 10.1. The Kier molecular flexibility index (Phi) is 6.03. The molecule has 194 valence electrons. The summed E-state index contributed by atoms with van der Waals surface area (Å²) in [6, 6.07) is 4.91. The van der Waals surface area contributed by atoms with Gasteiger partial charge < -0.3 is 0 Å². The number of hydrogen-bond acceptors (Lipinski definition) is 6. The number of carbonyl (C=O) groups is 2. The highest BCUT2D eigenvalue weighted by molar-refractivity contribution is 7.89. The summed E-state index contributed by atoms with van der Waals surface area (Å²) in [5, 5.41) is 11.6. The molecule has 0 aromatic heterocycles. The number of hydrogen-bond donors (Lipinski definition) is 1. The van der Waals surface area contributed by atoms with E-state index >= 15 is 0 Å². The van der Waals surface area contributed by atoms with Gasteiger partial charge in [-0.05, 0) is 86.2 Å². The molecule has 8 nitrogen and oxygen atoms in total. The largest absolute Gasteiger partial charge is 0.300 e. The summed E-state index contributed by atoms with van der Waals surface area (Å²) in [5.41, 5.74) is -0.0325. The van der Waals surface area contributed by atoms with Gasteiger partial charge in [-0.2, -0.15) is 0 Å². The number of para-hydroxylation sites is 1. The van der Waals surface area contributed by atoms with Crippen LogP contribution in [0.25, 0.3) is 0 Å². The SMILES string of the molecule is CC(=O)[C@H]1CC[C@H]2[C@@H]3CCC4=CC(=O)CC[C@]4(C)[C@H]3[C@@H](NS(=O)(=O)c3ccccc3[N+](=O)[O-])C[C@]12C. The molecule has 0 spiro atoms. The second kappa shape index (κ2) is 8.58. The molecule has 4 aliphatic rings. The van der Waals surface area contributed by atoms with Crippen LogP contribution in [0.1, 0.15) is 65.7 Å². The van der Waals surface area contributed by atoms with Gasteiger partial charge in [0.2, 0.25) is 10.0 Å². The Morgan fingerprint density at radius 1 is 1.14 bits per heavy atom. The number of ketones is 2. The zero-order valence-corrected chi connectivity index (χ0v) is 21.8. The molecule has 9 heteroatoms. The van der Waals surface area contributed by atoms with E-state index in [9.17, 15) is 28.1 Å². The smallest absolute Gasteiger partial charge is 0.289 e. The molecule has 0 aliphatic heterocycles. The molecule has 0 amide bonds. The lowest BCUT2D eigenvalue weighted by molar-refractivity contribution is -0.387. The molecule has 3 fully saturated rings. The quantitative estimate of drug-likeness (QED) is 0.453. The second-order valence-electron chi connectivity index (χ2n) is 11.8. The average molecular weight is 515 g/mol. The van der Waals surface area contributed by atoms with Crippen LogP contribution < -0.4 is 4.72 Å². The van der Waals surface area contributed by atoms with E-state index in [-0.39, 0.29) is 45.0 Å². The number of nitro groups is 1. The Morgan fingerprint density at radius 2 is 1.86 bits per heavy atom. The zero-order valence-electron chi connectivity index (χ0n) is 21.0. The minimum atomic E-state index is -4.22. The van der Waals surface area contributed by atoms with Crippen LogP contribution in [0.15, 0.2) is 40.8 Å². The number of benzene rings is 1. The Balaban J connectivity index is 1.61. The van der Waals surface area contributed by atoms with Crippen molar-refractivity contribution in [2.75, 3.05) is 0 Å². The monoisotopic (exact) mass is 514 g/mol. The van der Waals surface area contributed by atoms with E-state index in [4.69, 9.17) is 0 Å². The van der Waals surface area contributed by atoms with Gasteiger partial charge in [0.25, 0.3) is 5.69 Å². The van der Waals surface area contributed by atoms with E-state index in [1.54, 1.807) is 13.0 Å². The van der Waals surface area contributed by atoms with Crippen molar-refractivity contribution in [3.05, 3.63) is 46.0 Å². The van der Waals surface area contributed by atoms with Crippen molar-refractivity contribution in [2.24, 2.45) is 34.5 Å². The molecule has 3 saturated carbocycles. The van der Waals surface area contributed by atoms with Crippen molar-refractivity contribution in [3.8, 4) is 0 Å². The molecule has 1 N–H and O–H groups in total. The van der Waals surface area contributed by atoms with Crippen molar-refractivity contribution in [1.82, 2.24) is 4.72 Å². The third kappa shape index (κ3) is 3.77. The van der Waals surface area contributed by atoms with E-state index in [1.165, 1.54) is 24.3 Å². The fourth-order valence-electron chi connectivity index (χ4n) is 8.62. The van der Waals surface area contributed by atoms with E-state index in [2.05, 4.69) is 18.6 Å². The lowest BCUT2D eigenvalue weighted by Crippen LogP contribution is -2.61. The van der Waals surface area contributed by atoms with Crippen LogP contribution in [0.2, 0.25) is 0 Å². The van der Waals surface area contributed by atoms with Crippen LogP contribution in [-0.4, -0.2) is 30.9 Å². The van der Waals surface area contributed by atoms with Gasteiger partial charge in [-0.3, -0.25) is 19.7 Å². The minimum absolute atomic E-state index is 0.0491. The normalized spacial score (nSPS) is 37.9. The fourth-order valence-corrected chi connectivity index (χ4v) is 10.1. The summed E-state index contributed by atoms with van der Waals surface area (Å²) in [6.07, 6.45) is 6.79. The molecular weight excluding hydrogens is 480 g/mol. The standard InChI is InChI=1S/C27H34N2O6S/c1-16(30)20-10-11-21-19-9-8-17-14-18(31)12-13-26(17,2)25(19)22(15-27(20,21)3)28-36(34,35)24-7-5-4-6-23(24)29(32)33/h4-7,14,19-22,25,28H,8-13,15H2,1-3H3/t19-,20+,21-,22-,25+,26-,27+/m0/s1. The Hall–Kier alpha value is -2.39. The molecular formula is C27H34N2O6S. The lowest BCUT2D eigenvalue weighted by atomic mass is 9.45. The van der Waals surface area contributed by atoms with Gasteiger partial charge in [-0.1, -0.05) is 31.6 Å². The van der Waals surface area contributed by atoms with Gasteiger partial charge in [0, 0.05) is 24.4 Å². The molecule has 0 saturated heterocycles. The Labute approximate surface area is 212 Å². The number of sulfonamides is 1. The van der Waals surface area contributed by atoms with Crippen molar-refractivity contribution < 1.29 is 22.9 Å². The van der Waals surface area contributed by atoms with Crippen LogP contribution in [-0.2, 0) is 19.6 Å². The number of carbonyl (C=O) groups excluding carboxylic acids is 2.